The van der Waals surface area contributed by atoms with Gasteiger partial charge in [0.05, 0.1) is 17.8 Å². The van der Waals surface area contributed by atoms with Crippen LogP contribution in [0.15, 0.2) is 29.6 Å². The van der Waals surface area contributed by atoms with Crippen molar-refractivity contribution in [2.75, 3.05) is 13.0 Å². The number of thiazole rings is 1. The van der Waals surface area contributed by atoms with Gasteiger partial charge in [0.2, 0.25) is 0 Å². The summed E-state index contributed by atoms with van der Waals surface area (Å²) in [5, 5.41) is 3.25. The lowest BCUT2D eigenvalue weighted by Gasteiger charge is -2.12. The van der Waals surface area contributed by atoms with E-state index in [1.807, 2.05) is 19.1 Å². The zero-order valence-electron chi connectivity index (χ0n) is 11.2. The normalized spacial score (nSPS) is 12.4. The van der Waals surface area contributed by atoms with E-state index in [0.29, 0.717) is 11.8 Å². The Labute approximate surface area is 123 Å². The first-order chi connectivity index (χ1) is 9.21. The van der Waals surface area contributed by atoms with Gasteiger partial charge in [0.25, 0.3) is 0 Å². The van der Waals surface area contributed by atoms with Crippen molar-refractivity contribution in [1.29, 1.82) is 0 Å². The maximum atomic E-state index is 6.08. The van der Waals surface area contributed by atoms with Crippen molar-refractivity contribution in [3.8, 4) is 5.75 Å². The van der Waals surface area contributed by atoms with Crippen LogP contribution in [0.5, 0.6) is 5.75 Å². The standard InChI is InChI=1S/C15H18ClNOS/c1-11-17-14(10-19-11)8-13(9-16)7-12-3-5-15(18-2)6-4-12/h3-6,10,13H,7-9H2,1-2H3. The van der Waals surface area contributed by atoms with Crippen LogP contribution in [0.1, 0.15) is 16.3 Å². The fourth-order valence-corrected chi connectivity index (χ4v) is 2.92. The lowest BCUT2D eigenvalue weighted by Crippen LogP contribution is -2.10. The third-order valence-electron chi connectivity index (χ3n) is 3.07. The molecule has 0 bridgehead atoms. The van der Waals surface area contributed by atoms with E-state index in [1.165, 1.54) is 5.56 Å². The lowest BCUT2D eigenvalue weighted by molar-refractivity contribution is 0.414. The zero-order chi connectivity index (χ0) is 13.7. The van der Waals surface area contributed by atoms with Crippen molar-refractivity contribution in [1.82, 2.24) is 4.98 Å². The topological polar surface area (TPSA) is 22.1 Å². The van der Waals surface area contributed by atoms with E-state index in [-0.39, 0.29) is 0 Å². The molecule has 0 N–H and O–H groups in total. The minimum Gasteiger partial charge on any atom is -0.497 e. The highest BCUT2D eigenvalue weighted by Crippen LogP contribution is 2.19. The van der Waals surface area contributed by atoms with Gasteiger partial charge in [-0.15, -0.1) is 22.9 Å². The molecule has 1 unspecified atom stereocenters. The maximum absolute atomic E-state index is 6.08. The highest BCUT2D eigenvalue weighted by atomic mass is 35.5. The second-order valence-electron chi connectivity index (χ2n) is 4.63. The fraction of sp³-hybridized carbons (Fsp3) is 0.400. The van der Waals surface area contributed by atoms with Gasteiger partial charge in [-0.2, -0.15) is 0 Å². The maximum Gasteiger partial charge on any atom is 0.118 e. The van der Waals surface area contributed by atoms with Gasteiger partial charge in [0.15, 0.2) is 0 Å². The molecule has 0 spiro atoms. The second-order valence-corrected chi connectivity index (χ2v) is 6.01. The first kappa shape index (κ1) is 14.4. The first-order valence-corrected chi connectivity index (χ1v) is 7.72. The summed E-state index contributed by atoms with van der Waals surface area (Å²) in [5.74, 6) is 1.97. The molecule has 4 heteroatoms. The van der Waals surface area contributed by atoms with Gasteiger partial charge in [-0.3, -0.25) is 0 Å². The molecular formula is C15H18ClNOS. The van der Waals surface area contributed by atoms with Crippen LogP contribution in [0.2, 0.25) is 0 Å². The molecule has 0 amide bonds. The molecule has 0 aliphatic rings. The van der Waals surface area contributed by atoms with Gasteiger partial charge in [-0.05, 0) is 43.4 Å². The van der Waals surface area contributed by atoms with E-state index in [2.05, 4.69) is 22.5 Å². The van der Waals surface area contributed by atoms with E-state index < -0.39 is 0 Å². The Kier molecular flexibility index (Phi) is 5.23. The largest absolute Gasteiger partial charge is 0.497 e. The molecule has 1 aromatic carbocycles. The number of alkyl halides is 1. The zero-order valence-corrected chi connectivity index (χ0v) is 12.8. The molecule has 19 heavy (non-hydrogen) atoms. The summed E-state index contributed by atoms with van der Waals surface area (Å²) >= 11 is 7.78. The predicted molar refractivity (Wildman–Crippen MR) is 81.5 cm³/mol. The van der Waals surface area contributed by atoms with Crippen molar-refractivity contribution >= 4 is 22.9 Å². The molecule has 2 nitrogen and oxygen atoms in total. The highest BCUT2D eigenvalue weighted by molar-refractivity contribution is 7.09. The van der Waals surface area contributed by atoms with Crippen LogP contribution in [-0.4, -0.2) is 18.0 Å². The number of hydrogen-bond acceptors (Lipinski definition) is 3. The molecule has 0 saturated heterocycles. The van der Waals surface area contributed by atoms with Gasteiger partial charge in [-0.1, -0.05) is 12.1 Å². The summed E-state index contributed by atoms with van der Waals surface area (Å²) in [4.78, 5) is 4.51. The van der Waals surface area contributed by atoms with Crippen LogP contribution < -0.4 is 4.74 Å². The van der Waals surface area contributed by atoms with E-state index in [4.69, 9.17) is 16.3 Å². The first-order valence-electron chi connectivity index (χ1n) is 6.31. The average Bonchev–Trinajstić information content (AvgIpc) is 2.84. The quantitative estimate of drug-likeness (QED) is 0.749. The molecule has 0 radical (unpaired) electrons. The smallest absolute Gasteiger partial charge is 0.118 e. The number of methoxy groups -OCH3 is 1. The van der Waals surface area contributed by atoms with Crippen LogP contribution in [0, 0.1) is 12.8 Å². The lowest BCUT2D eigenvalue weighted by atomic mass is 9.97. The van der Waals surface area contributed by atoms with E-state index >= 15 is 0 Å². The van der Waals surface area contributed by atoms with Crippen LogP contribution >= 0.6 is 22.9 Å². The summed E-state index contributed by atoms with van der Waals surface area (Å²) in [6.45, 7) is 2.04. The van der Waals surface area contributed by atoms with Crippen LogP contribution in [0.3, 0.4) is 0 Å². The van der Waals surface area contributed by atoms with Gasteiger partial charge in [0, 0.05) is 11.3 Å². The number of benzene rings is 1. The Balaban J connectivity index is 1.97. The van der Waals surface area contributed by atoms with E-state index in [9.17, 15) is 0 Å². The number of halogens is 1. The molecule has 1 atom stereocenters. The van der Waals surface area contributed by atoms with Crippen molar-refractivity contribution in [2.45, 2.75) is 19.8 Å². The number of aryl methyl sites for hydroxylation is 1. The van der Waals surface area contributed by atoms with Crippen molar-refractivity contribution in [2.24, 2.45) is 5.92 Å². The molecular weight excluding hydrogens is 278 g/mol. The molecule has 0 saturated carbocycles. The SMILES string of the molecule is COc1ccc(CC(CCl)Cc2csc(C)n2)cc1. The van der Waals surface area contributed by atoms with Crippen LogP contribution in [-0.2, 0) is 12.8 Å². The number of ether oxygens (including phenoxy) is 1. The fourth-order valence-electron chi connectivity index (χ4n) is 2.07. The molecule has 0 aliphatic heterocycles. The Hall–Kier alpha value is -1.06. The van der Waals surface area contributed by atoms with Gasteiger partial charge < -0.3 is 4.74 Å². The Morgan fingerprint density at radius 3 is 2.53 bits per heavy atom. The number of nitrogens with zero attached hydrogens (tertiary/aromatic N) is 1. The number of aromatic nitrogens is 1. The number of rotatable bonds is 6. The van der Waals surface area contributed by atoms with Crippen LogP contribution in [0.25, 0.3) is 0 Å². The van der Waals surface area contributed by atoms with E-state index in [1.54, 1.807) is 18.4 Å². The molecule has 102 valence electrons. The third-order valence-corrected chi connectivity index (χ3v) is 4.32. The predicted octanol–water partition coefficient (Wildman–Crippen LogP) is 4.10. The second kappa shape index (κ2) is 6.92. The Morgan fingerprint density at radius 1 is 1.26 bits per heavy atom. The molecule has 2 aromatic rings. The Bertz CT molecular complexity index is 509. The summed E-state index contributed by atoms with van der Waals surface area (Å²) in [5.41, 5.74) is 2.44. The monoisotopic (exact) mass is 295 g/mol. The minimum absolute atomic E-state index is 0.427. The van der Waals surface area contributed by atoms with Gasteiger partial charge >= 0.3 is 0 Å². The molecule has 2 rings (SSSR count). The summed E-state index contributed by atoms with van der Waals surface area (Å²) in [6, 6.07) is 8.19. The average molecular weight is 296 g/mol. The Morgan fingerprint density at radius 2 is 2.00 bits per heavy atom. The van der Waals surface area contributed by atoms with E-state index in [0.717, 1.165) is 29.3 Å². The van der Waals surface area contributed by atoms with Gasteiger partial charge in [0.1, 0.15) is 5.75 Å². The highest BCUT2D eigenvalue weighted by Gasteiger charge is 2.11. The number of hydrogen-bond donors (Lipinski definition) is 0. The van der Waals surface area contributed by atoms with Crippen molar-refractivity contribution in [3.05, 3.63) is 45.9 Å². The molecule has 0 fully saturated rings. The molecule has 1 heterocycles. The third kappa shape index (κ3) is 4.22. The van der Waals surface area contributed by atoms with Gasteiger partial charge in [-0.25, -0.2) is 4.98 Å². The molecule has 0 aliphatic carbocycles. The minimum atomic E-state index is 0.427. The summed E-state index contributed by atoms with van der Waals surface area (Å²) in [7, 11) is 1.68. The van der Waals surface area contributed by atoms with Crippen molar-refractivity contribution in [3.63, 3.8) is 0 Å². The van der Waals surface area contributed by atoms with Crippen molar-refractivity contribution < 1.29 is 4.74 Å². The molecule has 1 aromatic heterocycles. The summed E-state index contributed by atoms with van der Waals surface area (Å²) in [6.07, 6.45) is 1.92. The summed E-state index contributed by atoms with van der Waals surface area (Å²) < 4.78 is 5.16. The van der Waals surface area contributed by atoms with Crippen LogP contribution in [0.4, 0.5) is 0 Å².